The lowest BCUT2D eigenvalue weighted by molar-refractivity contribution is 0.623. The lowest BCUT2D eigenvalue weighted by Crippen LogP contribution is -2.10. The van der Waals surface area contributed by atoms with E-state index < -0.39 is 0 Å². The zero-order valence-corrected chi connectivity index (χ0v) is 33.0. The Labute approximate surface area is 344 Å². The van der Waals surface area contributed by atoms with Crippen LogP contribution in [0.3, 0.4) is 0 Å². The van der Waals surface area contributed by atoms with Gasteiger partial charge >= 0.3 is 0 Å². The molecule has 0 saturated heterocycles. The van der Waals surface area contributed by atoms with Crippen LogP contribution in [0.15, 0.2) is 190 Å². The lowest BCUT2D eigenvalue weighted by Gasteiger charge is -2.19. The Bertz CT molecular complexity index is 3100. The molecule has 8 aromatic rings. The second-order valence-electron chi connectivity index (χ2n) is 16.1. The summed E-state index contributed by atoms with van der Waals surface area (Å²) in [6.07, 6.45) is 13.8. The summed E-state index contributed by atoms with van der Waals surface area (Å²) >= 11 is 0. The predicted molar refractivity (Wildman–Crippen MR) is 247 cm³/mol. The fourth-order valence-corrected chi connectivity index (χ4v) is 9.90. The molecule has 3 aliphatic rings. The first kappa shape index (κ1) is 35.1. The van der Waals surface area contributed by atoms with Crippen molar-refractivity contribution >= 4 is 57.2 Å². The average Bonchev–Trinajstić information content (AvgIpc) is 3.94. The van der Waals surface area contributed by atoms with Crippen molar-refractivity contribution in [3.63, 3.8) is 0 Å². The number of nitrogens with zero attached hydrogens (tertiary/aromatic N) is 5. The topological polar surface area (TPSA) is 46.9 Å². The molecule has 0 aliphatic heterocycles. The van der Waals surface area contributed by atoms with Gasteiger partial charge in [0.2, 0.25) is 0 Å². The van der Waals surface area contributed by atoms with Gasteiger partial charge in [0.05, 0.1) is 23.1 Å². The molecule has 0 fully saturated rings. The molecule has 5 heteroatoms. The first-order valence-electron chi connectivity index (χ1n) is 20.7. The van der Waals surface area contributed by atoms with Crippen LogP contribution in [-0.4, -0.2) is 34.1 Å². The molecule has 2 heterocycles. The first-order valence-corrected chi connectivity index (χ1v) is 20.7. The zero-order valence-electron chi connectivity index (χ0n) is 33.0. The predicted octanol–water partition coefficient (Wildman–Crippen LogP) is 12.6. The summed E-state index contributed by atoms with van der Waals surface area (Å²) in [5, 5.41) is 3.89. The molecule has 0 saturated carbocycles. The number of para-hydroxylation sites is 2. The summed E-state index contributed by atoms with van der Waals surface area (Å²) in [7, 11) is 0. The van der Waals surface area contributed by atoms with Crippen LogP contribution in [0, 0.1) is 5.92 Å². The molecule has 0 amide bonds. The Kier molecular flexibility index (Phi) is 8.54. The maximum Gasteiger partial charge on any atom is 0.161 e. The smallest absolute Gasteiger partial charge is 0.161 e. The second-order valence-corrected chi connectivity index (χ2v) is 16.1. The molecular weight excluding hydrogens is 719 g/mol. The van der Waals surface area contributed by atoms with Gasteiger partial charge in [0.1, 0.15) is 0 Å². The highest BCUT2D eigenvalue weighted by atomic mass is 15.0. The third-order valence-corrected chi connectivity index (χ3v) is 12.6. The van der Waals surface area contributed by atoms with Gasteiger partial charge in [-0.2, -0.15) is 0 Å². The number of fused-ring (bicyclic) bond motifs is 9. The van der Waals surface area contributed by atoms with E-state index >= 15 is 0 Å². The number of allylic oxidation sites excluding steroid dienone is 3. The number of aliphatic imine (C=N–C) groups is 3. The van der Waals surface area contributed by atoms with E-state index in [1.807, 2.05) is 48.5 Å². The van der Waals surface area contributed by atoms with Gasteiger partial charge in [0, 0.05) is 61.8 Å². The highest BCUT2D eigenvalue weighted by Gasteiger charge is 2.34. The zero-order chi connectivity index (χ0) is 39.5. The molecule has 59 heavy (non-hydrogen) atoms. The van der Waals surface area contributed by atoms with Crippen LogP contribution in [0.4, 0.5) is 0 Å². The van der Waals surface area contributed by atoms with E-state index in [2.05, 4.69) is 155 Å². The van der Waals surface area contributed by atoms with Crippen LogP contribution in [-0.2, 0) is 6.42 Å². The van der Waals surface area contributed by atoms with Crippen molar-refractivity contribution < 1.29 is 0 Å². The first-order chi connectivity index (χ1) is 29.1. The Morgan fingerprint density at radius 3 is 2.17 bits per heavy atom. The van der Waals surface area contributed by atoms with Gasteiger partial charge in [-0.1, -0.05) is 146 Å². The second kappa shape index (κ2) is 14.4. The molecule has 0 N–H and O–H groups in total. The van der Waals surface area contributed by atoms with Crippen molar-refractivity contribution in [3.05, 3.63) is 209 Å². The normalized spacial score (nSPS) is 18.6. The van der Waals surface area contributed by atoms with E-state index in [0.29, 0.717) is 36.0 Å². The molecular formula is C54H43N5. The summed E-state index contributed by atoms with van der Waals surface area (Å²) in [6.45, 7) is 6.72. The minimum absolute atomic E-state index is 0.314. The Balaban J connectivity index is 1.00. The summed E-state index contributed by atoms with van der Waals surface area (Å²) in [5.41, 5.74) is 14.9. The number of hydrogen-bond acceptors (Lipinski definition) is 1. The average molecular weight is 762 g/mol. The highest BCUT2D eigenvalue weighted by molar-refractivity contribution is 6.15. The van der Waals surface area contributed by atoms with Crippen LogP contribution in [0.1, 0.15) is 58.7 Å². The molecule has 0 radical (unpaired) electrons. The Hall–Kier alpha value is -7.11. The van der Waals surface area contributed by atoms with E-state index in [-0.39, 0.29) is 0 Å². The Morgan fingerprint density at radius 1 is 0.678 bits per heavy atom. The Morgan fingerprint density at radius 2 is 1.39 bits per heavy atom. The minimum Gasteiger partial charge on any atom is -0.313 e. The fourth-order valence-electron chi connectivity index (χ4n) is 9.90. The van der Waals surface area contributed by atoms with Crippen molar-refractivity contribution in [3.8, 4) is 11.4 Å². The summed E-state index contributed by atoms with van der Waals surface area (Å²) < 4.78 is 5.07. The van der Waals surface area contributed by atoms with E-state index in [4.69, 9.17) is 9.98 Å². The van der Waals surface area contributed by atoms with E-state index in [9.17, 15) is 0 Å². The molecule has 3 atom stereocenters. The molecule has 284 valence electrons. The molecule has 5 nitrogen and oxygen atoms in total. The molecule has 0 spiro atoms. The van der Waals surface area contributed by atoms with Gasteiger partial charge < -0.3 is 9.13 Å². The lowest BCUT2D eigenvalue weighted by atomic mass is 9.86. The summed E-state index contributed by atoms with van der Waals surface area (Å²) in [4.78, 5) is 14.4. The van der Waals surface area contributed by atoms with Crippen LogP contribution in [0.5, 0.6) is 0 Å². The van der Waals surface area contributed by atoms with Gasteiger partial charge in [-0.3, -0.25) is 4.99 Å². The molecule has 2 aromatic heterocycles. The van der Waals surface area contributed by atoms with E-state index in [1.165, 1.54) is 72.0 Å². The highest BCUT2D eigenvalue weighted by Crippen LogP contribution is 2.47. The fraction of sp³-hybridized carbons (Fsp3) is 0.130. The number of benzene rings is 6. The van der Waals surface area contributed by atoms with Crippen molar-refractivity contribution in [2.45, 2.75) is 31.6 Å². The van der Waals surface area contributed by atoms with Gasteiger partial charge in [-0.05, 0) is 78.6 Å². The van der Waals surface area contributed by atoms with E-state index in [0.717, 1.165) is 24.0 Å². The summed E-state index contributed by atoms with van der Waals surface area (Å²) in [6, 6.07) is 51.8. The maximum atomic E-state index is 5.11. The summed E-state index contributed by atoms with van der Waals surface area (Å²) in [5.74, 6) is 2.29. The van der Waals surface area contributed by atoms with Gasteiger partial charge in [0.15, 0.2) is 11.7 Å². The number of hydrogen-bond donors (Lipinski definition) is 0. The van der Waals surface area contributed by atoms with E-state index in [1.54, 1.807) is 0 Å². The SMILES string of the molecule is C=N/C(=N\C(=N/CC1=CC2Cc3c(cccc3-n3c4ccccc4c4cc5c6c(n(-c7ccccc7)c5cc43)C(C)CC=C6)C2C=C1)c1ccccc1)c1ccccc1. The molecule has 0 bridgehead atoms. The van der Waals surface area contributed by atoms with Crippen LogP contribution < -0.4 is 0 Å². The standard InChI is InChI=1S/C54H43N5/c1-35-16-14-25-44-47-32-46-43-23-12-13-26-48(43)59(51(46)33-50(47)58(52(35)44)40-21-10-5-11-22-40)49-27-15-24-42-41-29-28-36(30-39(41)31-45(42)49)34-56-54(38-19-8-4-9-20-38)57-53(55-2)37-17-6-3-7-18-37/h3-15,17-30,32-33,35,39,41H,2,16,31,34H2,1H3/b56-54-,57-53-. The minimum atomic E-state index is 0.314. The van der Waals surface area contributed by atoms with Crippen molar-refractivity contribution in [1.29, 1.82) is 0 Å². The van der Waals surface area contributed by atoms with Crippen LogP contribution in [0.2, 0.25) is 0 Å². The van der Waals surface area contributed by atoms with Crippen molar-refractivity contribution in [1.82, 2.24) is 9.13 Å². The van der Waals surface area contributed by atoms with Crippen LogP contribution in [0.25, 0.3) is 50.2 Å². The quantitative estimate of drug-likeness (QED) is 0.120. The van der Waals surface area contributed by atoms with Gasteiger partial charge in [-0.25, -0.2) is 9.98 Å². The van der Waals surface area contributed by atoms with Crippen molar-refractivity contribution in [2.24, 2.45) is 20.9 Å². The molecule has 3 aliphatic carbocycles. The number of aromatic nitrogens is 2. The number of amidine groups is 2. The third kappa shape index (κ3) is 5.88. The van der Waals surface area contributed by atoms with Gasteiger partial charge in [-0.15, -0.1) is 0 Å². The van der Waals surface area contributed by atoms with Gasteiger partial charge in [0.25, 0.3) is 0 Å². The number of rotatable bonds is 6. The third-order valence-electron chi connectivity index (χ3n) is 12.6. The molecule has 6 aromatic carbocycles. The maximum absolute atomic E-state index is 5.11. The van der Waals surface area contributed by atoms with Crippen LogP contribution >= 0.6 is 0 Å². The van der Waals surface area contributed by atoms with Crippen molar-refractivity contribution in [2.75, 3.05) is 6.54 Å². The molecule has 3 unspecified atom stereocenters. The molecule has 11 rings (SSSR count). The largest absolute Gasteiger partial charge is 0.313 e. The monoisotopic (exact) mass is 761 g/mol.